The Morgan fingerprint density at radius 3 is 2.56 bits per heavy atom. The van der Waals surface area contributed by atoms with Crippen molar-refractivity contribution < 1.29 is 9.18 Å². The second-order valence-corrected chi connectivity index (χ2v) is 5.67. The molecule has 0 unspecified atom stereocenters. The van der Waals surface area contributed by atoms with Gasteiger partial charge in [0, 0.05) is 25.4 Å². The Hall–Kier alpha value is -3.08. The maximum Gasteiger partial charge on any atom is 0.220 e. The smallest absolute Gasteiger partial charge is 0.220 e. The molecule has 25 heavy (non-hydrogen) atoms. The summed E-state index contributed by atoms with van der Waals surface area (Å²) in [6.07, 6.45) is 4.30. The molecule has 0 atom stereocenters. The van der Waals surface area contributed by atoms with E-state index in [-0.39, 0.29) is 11.7 Å². The van der Waals surface area contributed by atoms with Gasteiger partial charge in [0.05, 0.1) is 11.4 Å². The van der Waals surface area contributed by atoms with Gasteiger partial charge in [0.2, 0.25) is 5.91 Å². The number of hydrogen-bond donors (Lipinski definition) is 1. The lowest BCUT2D eigenvalue weighted by Gasteiger charge is -2.06. The second kappa shape index (κ2) is 8.15. The molecule has 0 saturated heterocycles. The molecule has 0 fully saturated rings. The number of nitrogens with zero attached hydrogens (tertiary/aromatic N) is 2. The second-order valence-electron chi connectivity index (χ2n) is 5.67. The van der Waals surface area contributed by atoms with Crippen LogP contribution in [0.1, 0.15) is 17.5 Å². The van der Waals surface area contributed by atoms with Crippen molar-refractivity contribution >= 4 is 5.91 Å². The molecule has 2 aromatic heterocycles. The average Bonchev–Trinajstić information content (AvgIpc) is 2.66. The van der Waals surface area contributed by atoms with Crippen LogP contribution < -0.4 is 5.32 Å². The van der Waals surface area contributed by atoms with Crippen molar-refractivity contribution in [2.45, 2.75) is 19.4 Å². The predicted octanol–water partition coefficient (Wildman–Crippen LogP) is 3.53. The van der Waals surface area contributed by atoms with Gasteiger partial charge in [-0.15, -0.1) is 0 Å². The lowest BCUT2D eigenvalue weighted by Crippen LogP contribution is -2.23. The molecule has 1 amide bonds. The highest BCUT2D eigenvalue weighted by Crippen LogP contribution is 2.13. The van der Waals surface area contributed by atoms with Gasteiger partial charge in [0.25, 0.3) is 0 Å². The van der Waals surface area contributed by atoms with Crippen molar-refractivity contribution in [3.8, 4) is 11.4 Å². The molecule has 0 aliphatic carbocycles. The minimum atomic E-state index is -0.281. The Kier molecular flexibility index (Phi) is 5.46. The highest BCUT2D eigenvalue weighted by molar-refractivity contribution is 5.76. The number of benzene rings is 1. The van der Waals surface area contributed by atoms with Crippen LogP contribution in [-0.4, -0.2) is 15.9 Å². The number of halogens is 1. The quantitative estimate of drug-likeness (QED) is 0.750. The Bertz CT molecular complexity index is 835. The van der Waals surface area contributed by atoms with Crippen molar-refractivity contribution in [1.29, 1.82) is 0 Å². The van der Waals surface area contributed by atoms with E-state index in [0.717, 1.165) is 22.5 Å². The van der Waals surface area contributed by atoms with Crippen LogP contribution in [0.15, 0.2) is 67.0 Å². The summed E-state index contributed by atoms with van der Waals surface area (Å²) in [7, 11) is 0. The van der Waals surface area contributed by atoms with E-state index in [4.69, 9.17) is 0 Å². The first-order valence-corrected chi connectivity index (χ1v) is 8.08. The highest BCUT2D eigenvalue weighted by atomic mass is 19.1. The Labute approximate surface area is 145 Å². The fourth-order valence-corrected chi connectivity index (χ4v) is 2.43. The van der Waals surface area contributed by atoms with Gasteiger partial charge in [-0.1, -0.05) is 24.3 Å². The van der Waals surface area contributed by atoms with Crippen molar-refractivity contribution in [1.82, 2.24) is 15.3 Å². The number of nitrogens with one attached hydrogen (secondary N) is 1. The van der Waals surface area contributed by atoms with Crippen molar-refractivity contribution in [3.63, 3.8) is 0 Å². The first-order chi connectivity index (χ1) is 12.2. The van der Waals surface area contributed by atoms with E-state index < -0.39 is 0 Å². The lowest BCUT2D eigenvalue weighted by atomic mass is 10.1. The van der Waals surface area contributed by atoms with Crippen LogP contribution in [0.3, 0.4) is 0 Å². The first kappa shape index (κ1) is 16.8. The van der Waals surface area contributed by atoms with Gasteiger partial charge in [-0.25, -0.2) is 4.39 Å². The number of carbonyl (C=O) groups is 1. The third-order valence-electron chi connectivity index (χ3n) is 3.77. The van der Waals surface area contributed by atoms with E-state index in [2.05, 4.69) is 15.3 Å². The Morgan fingerprint density at radius 2 is 1.84 bits per heavy atom. The van der Waals surface area contributed by atoms with E-state index >= 15 is 0 Å². The number of aryl methyl sites for hydroxylation is 1. The normalized spacial score (nSPS) is 10.4. The maximum absolute atomic E-state index is 13.1. The van der Waals surface area contributed by atoms with E-state index in [1.54, 1.807) is 18.5 Å². The van der Waals surface area contributed by atoms with Gasteiger partial charge in [0.1, 0.15) is 5.82 Å². The van der Waals surface area contributed by atoms with Gasteiger partial charge in [-0.2, -0.15) is 0 Å². The lowest BCUT2D eigenvalue weighted by molar-refractivity contribution is -0.121. The standard InChI is InChI=1S/C20H18FN3O/c21-17-5-3-4-15(12-17)8-10-20(25)24-14-16-7-9-19(23-13-16)18-6-1-2-11-22-18/h1-7,9,11-13H,8,10,14H2,(H,24,25). The highest BCUT2D eigenvalue weighted by Gasteiger charge is 2.04. The topological polar surface area (TPSA) is 54.9 Å². The minimum Gasteiger partial charge on any atom is -0.352 e. The summed E-state index contributed by atoms with van der Waals surface area (Å²) in [4.78, 5) is 20.6. The molecule has 3 aromatic rings. The van der Waals surface area contributed by atoms with Crippen LogP contribution in [-0.2, 0) is 17.8 Å². The molecule has 0 saturated carbocycles. The molecule has 0 aliphatic rings. The van der Waals surface area contributed by atoms with Crippen LogP contribution in [0, 0.1) is 5.82 Å². The summed E-state index contributed by atoms with van der Waals surface area (Å²) in [6, 6.07) is 15.8. The largest absolute Gasteiger partial charge is 0.352 e. The number of hydrogen-bond acceptors (Lipinski definition) is 3. The summed E-state index contributed by atoms with van der Waals surface area (Å²) in [6.45, 7) is 0.414. The molecule has 0 aliphatic heterocycles. The monoisotopic (exact) mass is 335 g/mol. The van der Waals surface area contributed by atoms with Gasteiger partial charge < -0.3 is 5.32 Å². The van der Waals surface area contributed by atoms with Crippen LogP contribution in [0.5, 0.6) is 0 Å². The van der Waals surface area contributed by atoms with Crippen molar-refractivity contribution in [3.05, 3.63) is 83.9 Å². The zero-order chi connectivity index (χ0) is 17.5. The number of amides is 1. The van der Waals surface area contributed by atoms with Crippen molar-refractivity contribution in [2.75, 3.05) is 0 Å². The molecule has 3 rings (SSSR count). The third kappa shape index (κ3) is 4.94. The van der Waals surface area contributed by atoms with Gasteiger partial charge >= 0.3 is 0 Å². The predicted molar refractivity (Wildman–Crippen MR) is 94.0 cm³/mol. The Morgan fingerprint density at radius 1 is 0.960 bits per heavy atom. The maximum atomic E-state index is 13.1. The van der Waals surface area contributed by atoms with Crippen LogP contribution >= 0.6 is 0 Å². The van der Waals surface area contributed by atoms with Crippen LogP contribution in [0.25, 0.3) is 11.4 Å². The number of carbonyl (C=O) groups excluding carboxylic acids is 1. The molecule has 1 N–H and O–H groups in total. The molecule has 1 aromatic carbocycles. The molecule has 4 nitrogen and oxygen atoms in total. The van der Waals surface area contributed by atoms with E-state index in [1.165, 1.54) is 12.1 Å². The minimum absolute atomic E-state index is 0.0712. The summed E-state index contributed by atoms with van der Waals surface area (Å²) in [5.41, 5.74) is 3.34. The first-order valence-electron chi connectivity index (χ1n) is 8.08. The molecule has 5 heteroatoms. The van der Waals surface area contributed by atoms with Gasteiger partial charge in [-0.05, 0) is 47.9 Å². The summed E-state index contributed by atoms with van der Waals surface area (Å²) < 4.78 is 13.1. The molecular formula is C20H18FN3O. The molecule has 126 valence electrons. The zero-order valence-electron chi connectivity index (χ0n) is 13.7. The fourth-order valence-electron chi connectivity index (χ4n) is 2.43. The van der Waals surface area contributed by atoms with E-state index in [0.29, 0.717) is 19.4 Å². The SMILES string of the molecule is O=C(CCc1cccc(F)c1)NCc1ccc(-c2ccccn2)nc1. The molecule has 0 bridgehead atoms. The number of pyridine rings is 2. The molecule has 2 heterocycles. The number of rotatable bonds is 6. The van der Waals surface area contributed by atoms with Gasteiger partial charge in [-0.3, -0.25) is 14.8 Å². The van der Waals surface area contributed by atoms with Crippen LogP contribution in [0.2, 0.25) is 0 Å². The third-order valence-corrected chi connectivity index (χ3v) is 3.77. The molecular weight excluding hydrogens is 317 g/mol. The zero-order valence-corrected chi connectivity index (χ0v) is 13.7. The average molecular weight is 335 g/mol. The Balaban J connectivity index is 1.49. The van der Waals surface area contributed by atoms with Crippen molar-refractivity contribution in [2.24, 2.45) is 0 Å². The summed E-state index contributed by atoms with van der Waals surface area (Å²) in [5, 5.41) is 2.85. The van der Waals surface area contributed by atoms with E-state index in [1.807, 2.05) is 36.4 Å². The van der Waals surface area contributed by atoms with Gasteiger partial charge in [0.15, 0.2) is 0 Å². The molecule has 0 radical (unpaired) electrons. The summed E-state index contributed by atoms with van der Waals surface area (Å²) >= 11 is 0. The van der Waals surface area contributed by atoms with Crippen LogP contribution in [0.4, 0.5) is 4.39 Å². The van der Waals surface area contributed by atoms with E-state index in [9.17, 15) is 9.18 Å². The fraction of sp³-hybridized carbons (Fsp3) is 0.150. The molecule has 0 spiro atoms. The summed E-state index contributed by atoms with van der Waals surface area (Å²) in [5.74, 6) is -0.352. The number of aromatic nitrogens is 2.